The smallest absolute Gasteiger partial charge is 0.305 e. The molecule has 6 N–H and O–H groups in total. The Morgan fingerprint density at radius 3 is 1.94 bits per heavy atom. The van der Waals surface area contributed by atoms with E-state index in [1.165, 1.54) is 6.92 Å². The van der Waals surface area contributed by atoms with E-state index in [2.05, 4.69) is 10.6 Å². The Morgan fingerprint density at radius 2 is 1.42 bits per heavy atom. The summed E-state index contributed by atoms with van der Waals surface area (Å²) in [4.78, 5) is 33.7. The molecule has 1 saturated heterocycles. The molecule has 1 rings (SSSR count). The van der Waals surface area contributed by atoms with Crippen LogP contribution in [0.1, 0.15) is 13.3 Å². The van der Waals surface area contributed by atoms with Crippen LogP contribution in [0.3, 0.4) is 0 Å². The monoisotopic (exact) mass is 526 g/mol. The zero-order valence-electron chi connectivity index (χ0n) is 20.3. The topological polar surface area (TPSA) is 212 Å². The average Bonchev–Trinajstić information content (AvgIpc) is 2.83. The molecule has 1 heterocycles. The number of carbonyl (C=O) groups excluding carboxylic acids is 2. The average molecular weight is 527 g/mol. The third-order valence-electron chi connectivity index (χ3n) is 4.77. The maximum atomic E-state index is 12.0. The van der Waals surface area contributed by atoms with Crippen LogP contribution >= 0.6 is 0 Å². The number of carboxylic acid groups (broad SMARTS) is 1. The molecule has 2 amide bonds. The van der Waals surface area contributed by atoms with Crippen molar-refractivity contribution in [2.24, 2.45) is 0 Å². The van der Waals surface area contributed by atoms with E-state index in [9.17, 15) is 29.7 Å². The van der Waals surface area contributed by atoms with Crippen LogP contribution in [0.2, 0.25) is 0 Å². The lowest BCUT2D eigenvalue weighted by atomic mass is 9.97. The zero-order chi connectivity index (χ0) is 26.8. The van der Waals surface area contributed by atoms with E-state index in [0.29, 0.717) is 39.6 Å². The third-order valence-corrected chi connectivity index (χ3v) is 4.77. The van der Waals surface area contributed by atoms with Gasteiger partial charge >= 0.3 is 5.97 Å². The second-order valence-electron chi connectivity index (χ2n) is 7.69. The summed E-state index contributed by atoms with van der Waals surface area (Å²) in [5.74, 6) is -1.90. The highest BCUT2D eigenvalue weighted by molar-refractivity contribution is 5.77. The molecule has 1 aliphatic heterocycles. The zero-order valence-corrected chi connectivity index (χ0v) is 20.3. The number of aliphatic hydroxyl groups is 3. The van der Waals surface area contributed by atoms with Crippen molar-refractivity contribution in [3.05, 3.63) is 0 Å². The van der Waals surface area contributed by atoms with Gasteiger partial charge < -0.3 is 59.5 Å². The van der Waals surface area contributed by atoms with Crippen molar-refractivity contribution in [1.82, 2.24) is 10.6 Å². The van der Waals surface area contributed by atoms with Gasteiger partial charge in [-0.15, -0.1) is 0 Å². The van der Waals surface area contributed by atoms with E-state index >= 15 is 0 Å². The van der Waals surface area contributed by atoms with Gasteiger partial charge in [-0.1, -0.05) is 0 Å². The molecule has 0 bridgehead atoms. The Labute approximate surface area is 208 Å². The van der Waals surface area contributed by atoms with Gasteiger partial charge in [0, 0.05) is 13.5 Å². The van der Waals surface area contributed by atoms with Crippen LogP contribution < -0.4 is 10.6 Å². The number of carbonyl (C=O) groups is 3. The van der Waals surface area contributed by atoms with E-state index in [-0.39, 0.29) is 26.2 Å². The molecule has 15 heteroatoms. The van der Waals surface area contributed by atoms with Crippen molar-refractivity contribution in [2.45, 2.75) is 44.0 Å². The third kappa shape index (κ3) is 14.0. The molecule has 36 heavy (non-hydrogen) atoms. The minimum absolute atomic E-state index is 0.0427. The van der Waals surface area contributed by atoms with Crippen LogP contribution in [-0.4, -0.2) is 141 Å². The molecule has 15 nitrogen and oxygen atoms in total. The fraction of sp³-hybridized carbons (Fsp3) is 0.857. The van der Waals surface area contributed by atoms with Gasteiger partial charge in [-0.25, -0.2) is 0 Å². The Kier molecular flexibility index (Phi) is 17.1. The molecule has 0 unspecified atom stereocenters. The Hall–Kier alpha value is -1.95. The van der Waals surface area contributed by atoms with E-state index in [1.807, 2.05) is 0 Å². The molecular weight excluding hydrogens is 488 g/mol. The molecule has 5 atom stereocenters. The van der Waals surface area contributed by atoms with Crippen LogP contribution in [0.5, 0.6) is 0 Å². The molecule has 0 aromatic rings. The van der Waals surface area contributed by atoms with E-state index in [4.69, 9.17) is 33.5 Å². The summed E-state index contributed by atoms with van der Waals surface area (Å²) in [7, 11) is 0. The predicted molar refractivity (Wildman–Crippen MR) is 120 cm³/mol. The number of nitrogens with one attached hydrogen (secondary N) is 2. The SMILES string of the molecule is CC(=O)N[C@H]1[C@H](OCC(=O)NCCOCCOCCOCCOCCC(=O)O)O[C@H](CO)[C@@H](O)[C@@H]1O. The van der Waals surface area contributed by atoms with Crippen LogP contribution in [0.25, 0.3) is 0 Å². The molecule has 1 aliphatic rings. The quantitative estimate of drug-likeness (QED) is 0.0855. The summed E-state index contributed by atoms with van der Waals surface area (Å²) in [5.41, 5.74) is 0. The van der Waals surface area contributed by atoms with Crippen LogP contribution in [0, 0.1) is 0 Å². The number of amides is 2. The maximum Gasteiger partial charge on any atom is 0.305 e. The minimum Gasteiger partial charge on any atom is -0.481 e. The van der Waals surface area contributed by atoms with Gasteiger partial charge in [0.15, 0.2) is 6.29 Å². The van der Waals surface area contributed by atoms with Crippen molar-refractivity contribution in [3.63, 3.8) is 0 Å². The van der Waals surface area contributed by atoms with Gasteiger partial charge in [0.2, 0.25) is 11.8 Å². The second kappa shape index (κ2) is 19.2. The molecule has 0 aromatic carbocycles. The maximum absolute atomic E-state index is 12.0. The first-order chi connectivity index (χ1) is 17.3. The summed E-state index contributed by atoms with van der Waals surface area (Å²) in [6, 6.07) is -1.13. The van der Waals surface area contributed by atoms with E-state index in [1.54, 1.807) is 0 Å². The van der Waals surface area contributed by atoms with Gasteiger partial charge in [-0.05, 0) is 0 Å². The first kappa shape index (κ1) is 32.1. The first-order valence-electron chi connectivity index (χ1n) is 11.6. The Morgan fingerprint density at radius 1 is 0.861 bits per heavy atom. The highest BCUT2D eigenvalue weighted by Crippen LogP contribution is 2.22. The highest BCUT2D eigenvalue weighted by Gasteiger charge is 2.45. The molecule has 0 saturated carbocycles. The van der Waals surface area contributed by atoms with Crippen molar-refractivity contribution >= 4 is 17.8 Å². The van der Waals surface area contributed by atoms with Crippen molar-refractivity contribution in [2.75, 3.05) is 72.6 Å². The summed E-state index contributed by atoms with van der Waals surface area (Å²) >= 11 is 0. The van der Waals surface area contributed by atoms with Gasteiger partial charge in [-0.2, -0.15) is 0 Å². The van der Waals surface area contributed by atoms with Crippen molar-refractivity contribution in [3.8, 4) is 0 Å². The van der Waals surface area contributed by atoms with Gasteiger partial charge in [0.1, 0.15) is 31.0 Å². The lowest BCUT2D eigenvalue weighted by molar-refractivity contribution is -0.268. The number of carboxylic acids is 1. The normalized spacial score (nSPS) is 23.8. The number of hydrogen-bond donors (Lipinski definition) is 6. The number of aliphatic hydroxyl groups excluding tert-OH is 3. The standard InChI is InChI=1S/C21H38N2O13/c1-14(25)23-18-20(30)19(29)15(12-24)36-21(18)35-13-16(26)22-3-5-32-7-9-34-11-10-33-8-6-31-4-2-17(27)28/h15,18-21,24,29-30H,2-13H2,1H3,(H,22,26)(H,23,25)(H,27,28)/t15-,18-,19-,20-,21-/m1/s1. The fourth-order valence-electron chi connectivity index (χ4n) is 3.01. The first-order valence-corrected chi connectivity index (χ1v) is 11.6. The van der Waals surface area contributed by atoms with Crippen LogP contribution in [0.4, 0.5) is 0 Å². The lowest BCUT2D eigenvalue weighted by Gasteiger charge is -2.42. The van der Waals surface area contributed by atoms with E-state index < -0.39 is 61.6 Å². The number of aliphatic carboxylic acids is 1. The molecular formula is C21H38N2O13. The van der Waals surface area contributed by atoms with Gasteiger partial charge in [0.25, 0.3) is 0 Å². The predicted octanol–water partition coefficient (Wildman–Crippen LogP) is -3.40. The molecule has 0 aromatic heterocycles. The number of ether oxygens (including phenoxy) is 6. The van der Waals surface area contributed by atoms with Gasteiger partial charge in [-0.3, -0.25) is 14.4 Å². The van der Waals surface area contributed by atoms with Crippen molar-refractivity contribution < 1.29 is 63.2 Å². The summed E-state index contributed by atoms with van der Waals surface area (Å²) in [6.07, 6.45) is -5.33. The number of rotatable bonds is 20. The largest absolute Gasteiger partial charge is 0.481 e. The summed E-state index contributed by atoms with van der Waals surface area (Å²) < 4.78 is 31.7. The molecule has 210 valence electrons. The molecule has 0 radical (unpaired) electrons. The molecule has 0 aliphatic carbocycles. The lowest BCUT2D eigenvalue weighted by Crippen LogP contribution is -2.64. The Bertz CT molecular complexity index is 639. The highest BCUT2D eigenvalue weighted by atomic mass is 16.7. The fourth-order valence-corrected chi connectivity index (χ4v) is 3.01. The second-order valence-corrected chi connectivity index (χ2v) is 7.69. The van der Waals surface area contributed by atoms with Crippen molar-refractivity contribution in [1.29, 1.82) is 0 Å². The Balaban J connectivity index is 2.06. The minimum atomic E-state index is -1.46. The van der Waals surface area contributed by atoms with Crippen LogP contribution in [-0.2, 0) is 42.8 Å². The molecule has 1 fully saturated rings. The summed E-state index contributed by atoms with van der Waals surface area (Å²) in [6.45, 7) is 2.77. The van der Waals surface area contributed by atoms with E-state index in [0.717, 1.165) is 0 Å². The number of hydrogen-bond acceptors (Lipinski definition) is 12. The van der Waals surface area contributed by atoms with Crippen LogP contribution in [0.15, 0.2) is 0 Å². The summed E-state index contributed by atoms with van der Waals surface area (Å²) in [5, 5.41) is 42.9. The molecule has 0 spiro atoms. The van der Waals surface area contributed by atoms with Gasteiger partial charge in [0.05, 0.1) is 65.9 Å².